The number of carbonyl (C=O) groups excluding carboxylic acids is 1. The number of rotatable bonds is 2. The number of aryl methyl sites for hydroxylation is 1. The molecule has 0 saturated carbocycles. The number of aromatic amines is 1. The molecule has 2 aromatic carbocycles. The third-order valence-corrected chi connectivity index (χ3v) is 6.16. The molecule has 138 valence electrons. The van der Waals surface area contributed by atoms with Crippen molar-refractivity contribution < 1.29 is 4.79 Å². The fourth-order valence-corrected chi connectivity index (χ4v) is 4.80. The van der Waals surface area contributed by atoms with Crippen molar-refractivity contribution in [2.75, 3.05) is 13.1 Å². The first-order valence-electron chi connectivity index (χ1n) is 9.90. The Hall–Kier alpha value is -2.59. The van der Waals surface area contributed by atoms with Crippen molar-refractivity contribution in [3.63, 3.8) is 0 Å². The van der Waals surface area contributed by atoms with Crippen LogP contribution in [0.3, 0.4) is 0 Å². The molecule has 0 radical (unpaired) electrons. The van der Waals surface area contributed by atoms with Crippen LogP contribution in [-0.4, -0.2) is 34.9 Å². The highest BCUT2D eigenvalue weighted by atomic mass is 16.1. The maximum atomic E-state index is 12.7. The molecule has 3 aromatic rings. The van der Waals surface area contributed by atoms with Crippen molar-refractivity contribution in [1.82, 2.24) is 15.2 Å². The van der Waals surface area contributed by atoms with E-state index in [0.717, 1.165) is 43.5 Å². The Balaban J connectivity index is 1.38. The van der Waals surface area contributed by atoms with Gasteiger partial charge in [0.2, 0.25) is 0 Å². The molecule has 0 unspecified atom stereocenters. The summed E-state index contributed by atoms with van der Waals surface area (Å²) in [5, 5.41) is 4.64. The van der Waals surface area contributed by atoms with Crippen molar-refractivity contribution in [2.24, 2.45) is 0 Å². The topological polar surface area (TPSA) is 48.1 Å². The van der Waals surface area contributed by atoms with Gasteiger partial charge in [-0.2, -0.15) is 0 Å². The minimum atomic E-state index is 0.0461. The van der Waals surface area contributed by atoms with Crippen molar-refractivity contribution >= 4 is 16.8 Å². The average Bonchev–Trinajstić information content (AvgIpc) is 3.07. The number of para-hydroxylation sites is 1. The molecule has 0 bridgehead atoms. The first-order chi connectivity index (χ1) is 13.2. The van der Waals surface area contributed by atoms with Crippen LogP contribution in [-0.2, 0) is 6.42 Å². The van der Waals surface area contributed by atoms with E-state index in [1.165, 1.54) is 22.2 Å². The highest BCUT2D eigenvalue weighted by molar-refractivity contribution is 5.94. The van der Waals surface area contributed by atoms with Gasteiger partial charge in [-0.05, 0) is 49.9 Å². The summed E-state index contributed by atoms with van der Waals surface area (Å²) in [7, 11) is 0. The number of carbonyl (C=O) groups is 1. The fraction of sp³-hybridized carbons (Fsp3) is 0.348. The molecule has 4 nitrogen and oxygen atoms in total. The smallest absolute Gasteiger partial charge is 0.251 e. The van der Waals surface area contributed by atoms with Crippen LogP contribution in [0.2, 0.25) is 0 Å². The number of aromatic nitrogens is 1. The SMILES string of the molecule is Cc1cccc(C(=O)N[C@@H]2CCN3CCc4c([nH]c5ccccc45)[C@@H]3C2)c1. The van der Waals surface area contributed by atoms with Gasteiger partial charge >= 0.3 is 0 Å². The summed E-state index contributed by atoms with van der Waals surface area (Å²) in [6.07, 6.45) is 3.09. The van der Waals surface area contributed by atoms with E-state index in [0.29, 0.717) is 6.04 Å². The molecule has 2 atom stereocenters. The van der Waals surface area contributed by atoms with Crippen LogP contribution < -0.4 is 5.32 Å². The zero-order chi connectivity index (χ0) is 18.4. The lowest BCUT2D eigenvalue weighted by Crippen LogP contribution is -2.48. The number of benzene rings is 2. The van der Waals surface area contributed by atoms with Crippen LogP contribution in [0.25, 0.3) is 10.9 Å². The fourth-order valence-electron chi connectivity index (χ4n) is 4.80. The van der Waals surface area contributed by atoms with E-state index in [2.05, 4.69) is 39.5 Å². The van der Waals surface area contributed by atoms with E-state index in [1.54, 1.807) is 0 Å². The van der Waals surface area contributed by atoms with Gasteiger partial charge < -0.3 is 10.3 Å². The zero-order valence-corrected chi connectivity index (χ0v) is 15.7. The van der Waals surface area contributed by atoms with Crippen LogP contribution in [0, 0.1) is 6.92 Å². The maximum Gasteiger partial charge on any atom is 0.251 e. The van der Waals surface area contributed by atoms with E-state index >= 15 is 0 Å². The Kier molecular flexibility index (Phi) is 4.01. The average molecular weight is 359 g/mol. The Labute approximate surface area is 159 Å². The van der Waals surface area contributed by atoms with Gasteiger partial charge in [0.15, 0.2) is 0 Å². The molecule has 1 aromatic heterocycles. The van der Waals surface area contributed by atoms with Crippen LogP contribution in [0.5, 0.6) is 0 Å². The number of piperidine rings is 1. The van der Waals surface area contributed by atoms with E-state index in [9.17, 15) is 4.79 Å². The number of fused-ring (bicyclic) bond motifs is 5. The van der Waals surface area contributed by atoms with Crippen LogP contribution >= 0.6 is 0 Å². The summed E-state index contributed by atoms with van der Waals surface area (Å²) in [6, 6.07) is 17.0. The Morgan fingerprint density at radius 3 is 2.93 bits per heavy atom. The van der Waals surface area contributed by atoms with E-state index in [4.69, 9.17) is 0 Å². The quantitative estimate of drug-likeness (QED) is 0.727. The molecule has 2 aliphatic heterocycles. The largest absolute Gasteiger partial charge is 0.357 e. The second-order valence-corrected chi connectivity index (χ2v) is 7.93. The molecular formula is C23H25N3O. The second-order valence-electron chi connectivity index (χ2n) is 7.93. The molecule has 0 spiro atoms. The van der Waals surface area contributed by atoms with Gasteiger partial charge in [-0.3, -0.25) is 9.69 Å². The predicted molar refractivity (Wildman–Crippen MR) is 108 cm³/mol. The lowest BCUT2D eigenvalue weighted by molar-refractivity contribution is 0.0839. The normalized spacial score (nSPS) is 22.3. The molecule has 1 amide bonds. The van der Waals surface area contributed by atoms with Gasteiger partial charge in [-0.1, -0.05) is 35.9 Å². The molecule has 0 aliphatic carbocycles. The number of nitrogens with zero attached hydrogens (tertiary/aromatic N) is 1. The highest BCUT2D eigenvalue weighted by Gasteiger charge is 2.35. The van der Waals surface area contributed by atoms with E-state index < -0.39 is 0 Å². The summed E-state index contributed by atoms with van der Waals surface area (Å²) in [6.45, 7) is 4.17. The van der Waals surface area contributed by atoms with Crippen molar-refractivity contribution in [1.29, 1.82) is 0 Å². The first kappa shape index (κ1) is 16.6. The number of nitrogens with one attached hydrogen (secondary N) is 2. The summed E-state index contributed by atoms with van der Waals surface area (Å²) >= 11 is 0. The zero-order valence-electron chi connectivity index (χ0n) is 15.7. The predicted octanol–water partition coefficient (Wildman–Crippen LogP) is 3.97. The standard InChI is InChI=1S/C23H25N3O/c1-15-5-4-6-16(13-15)23(27)24-17-9-11-26-12-10-19-18-7-2-3-8-20(18)25-22(19)21(26)14-17/h2-8,13,17,21,25H,9-12,14H2,1H3,(H,24,27)/t17-,21+/m1/s1. The van der Waals surface area contributed by atoms with Gasteiger partial charge in [-0.25, -0.2) is 0 Å². The highest BCUT2D eigenvalue weighted by Crippen LogP contribution is 2.39. The number of H-pyrrole nitrogens is 1. The summed E-state index contributed by atoms with van der Waals surface area (Å²) in [4.78, 5) is 18.9. The van der Waals surface area contributed by atoms with Gasteiger partial charge in [0.1, 0.15) is 0 Å². The summed E-state index contributed by atoms with van der Waals surface area (Å²) < 4.78 is 0. The number of hydrogen-bond acceptors (Lipinski definition) is 2. The third-order valence-electron chi connectivity index (χ3n) is 6.16. The van der Waals surface area contributed by atoms with Crippen LogP contribution in [0.1, 0.15) is 46.1 Å². The molecule has 1 saturated heterocycles. The minimum absolute atomic E-state index is 0.0461. The molecule has 2 aliphatic rings. The van der Waals surface area contributed by atoms with E-state index in [-0.39, 0.29) is 11.9 Å². The third kappa shape index (κ3) is 2.94. The molecule has 5 rings (SSSR count). The molecule has 1 fully saturated rings. The molecule has 3 heterocycles. The van der Waals surface area contributed by atoms with Crippen LogP contribution in [0.15, 0.2) is 48.5 Å². The lowest BCUT2D eigenvalue weighted by atomic mass is 9.88. The Bertz CT molecular complexity index is 1010. The molecule has 27 heavy (non-hydrogen) atoms. The molecule has 4 heteroatoms. The monoisotopic (exact) mass is 359 g/mol. The van der Waals surface area contributed by atoms with Crippen LogP contribution in [0.4, 0.5) is 0 Å². The van der Waals surface area contributed by atoms with Crippen molar-refractivity contribution in [2.45, 2.75) is 38.3 Å². The molecule has 2 N–H and O–H groups in total. The second kappa shape index (κ2) is 6.54. The van der Waals surface area contributed by atoms with Gasteiger partial charge in [0.25, 0.3) is 5.91 Å². The first-order valence-corrected chi connectivity index (χ1v) is 9.90. The van der Waals surface area contributed by atoms with Gasteiger partial charge in [0, 0.05) is 41.3 Å². The summed E-state index contributed by atoms with van der Waals surface area (Å²) in [5.74, 6) is 0.0461. The number of amides is 1. The number of hydrogen-bond donors (Lipinski definition) is 2. The van der Waals surface area contributed by atoms with Gasteiger partial charge in [0.05, 0.1) is 6.04 Å². The maximum absolute atomic E-state index is 12.7. The van der Waals surface area contributed by atoms with E-state index in [1.807, 2.05) is 31.2 Å². The van der Waals surface area contributed by atoms with Gasteiger partial charge in [-0.15, -0.1) is 0 Å². The van der Waals surface area contributed by atoms with Crippen molar-refractivity contribution in [3.05, 3.63) is 70.9 Å². The summed E-state index contributed by atoms with van der Waals surface area (Å²) in [5.41, 5.74) is 5.93. The van der Waals surface area contributed by atoms with Crippen molar-refractivity contribution in [3.8, 4) is 0 Å². The lowest BCUT2D eigenvalue weighted by Gasteiger charge is -2.42. The minimum Gasteiger partial charge on any atom is -0.357 e. The molecular weight excluding hydrogens is 334 g/mol. The Morgan fingerprint density at radius 2 is 2.04 bits per heavy atom. The Morgan fingerprint density at radius 1 is 1.15 bits per heavy atom.